The van der Waals surface area contributed by atoms with Crippen LogP contribution in [0.25, 0.3) is 0 Å². The van der Waals surface area contributed by atoms with Crippen LogP contribution >= 0.6 is 0 Å². The number of carbonyl (C=O) groups is 2. The molecule has 1 fully saturated rings. The number of carboxylic acids is 1. The fraction of sp³-hybridized carbons (Fsp3) is 0.667. The molecular formula is C12H20N2O3. The average Bonchev–Trinajstić information content (AvgIpc) is 2.35. The van der Waals surface area contributed by atoms with Crippen molar-refractivity contribution < 1.29 is 14.7 Å². The molecule has 1 atom stereocenters. The highest BCUT2D eigenvalue weighted by molar-refractivity contribution is 5.76. The lowest BCUT2D eigenvalue weighted by molar-refractivity contribution is -0.143. The number of aliphatic carboxylic acids is 1. The SMILES string of the molecule is C=CCN(CC)C(=O)N1CCC[C@H](C(=O)O)C1. The van der Waals surface area contributed by atoms with Gasteiger partial charge in [0.1, 0.15) is 0 Å². The second kappa shape index (κ2) is 6.27. The number of carboxylic acid groups (broad SMARTS) is 1. The number of amides is 2. The first-order valence-corrected chi connectivity index (χ1v) is 5.97. The Kier molecular flexibility index (Phi) is 5.00. The van der Waals surface area contributed by atoms with Gasteiger partial charge in [-0.25, -0.2) is 4.79 Å². The Morgan fingerprint density at radius 3 is 2.82 bits per heavy atom. The van der Waals surface area contributed by atoms with Crippen LogP contribution in [0.1, 0.15) is 19.8 Å². The number of carbonyl (C=O) groups excluding carboxylic acids is 1. The molecule has 0 aromatic rings. The minimum absolute atomic E-state index is 0.0849. The minimum Gasteiger partial charge on any atom is -0.481 e. The number of hydrogen-bond acceptors (Lipinski definition) is 2. The molecule has 1 saturated heterocycles. The van der Waals surface area contributed by atoms with Crippen molar-refractivity contribution in [2.75, 3.05) is 26.2 Å². The quantitative estimate of drug-likeness (QED) is 0.756. The molecule has 1 N–H and O–H groups in total. The molecule has 17 heavy (non-hydrogen) atoms. The molecule has 2 amide bonds. The number of hydrogen-bond donors (Lipinski definition) is 1. The van der Waals surface area contributed by atoms with E-state index in [1.54, 1.807) is 15.9 Å². The van der Waals surface area contributed by atoms with Crippen LogP contribution in [0.15, 0.2) is 12.7 Å². The summed E-state index contributed by atoms with van der Waals surface area (Å²) in [5.41, 5.74) is 0. The van der Waals surface area contributed by atoms with Crippen molar-refractivity contribution in [2.45, 2.75) is 19.8 Å². The zero-order chi connectivity index (χ0) is 12.8. The molecule has 1 aliphatic rings. The van der Waals surface area contributed by atoms with E-state index < -0.39 is 11.9 Å². The van der Waals surface area contributed by atoms with Crippen LogP contribution in [0.3, 0.4) is 0 Å². The van der Waals surface area contributed by atoms with E-state index in [2.05, 4.69) is 6.58 Å². The van der Waals surface area contributed by atoms with Gasteiger partial charge in [0.05, 0.1) is 5.92 Å². The largest absolute Gasteiger partial charge is 0.481 e. The van der Waals surface area contributed by atoms with Gasteiger partial charge in [-0.3, -0.25) is 4.79 Å². The number of nitrogens with zero attached hydrogens (tertiary/aromatic N) is 2. The Morgan fingerprint density at radius 2 is 2.29 bits per heavy atom. The van der Waals surface area contributed by atoms with Crippen LogP contribution < -0.4 is 0 Å². The van der Waals surface area contributed by atoms with E-state index in [1.807, 2.05) is 6.92 Å². The lowest BCUT2D eigenvalue weighted by Gasteiger charge is -2.34. The highest BCUT2D eigenvalue weighted by Gasteiger charge is 2.29. The first-order valence-electron chi connectivity index (χ1n) is 5.97. The van der Waals surface area contributed by atoms with Crippen LogP contribution in [0.5, 0.6) is 0 Å². The second-order valence-electron chi connectivity index (χ2n) is 4.23. The van der Waals surface area contributed by atoms with Crippen LogP contribution in [0.2, 0.25) is 0 Å². The summed E-state index contributed by atoms with van der Waals surface area (Å²) < 4.78 is 0. The Labute approximate surface area is 102 Å². The summed E-state index contributed by atoms with van der Waals surface area (Å²) >= 11 is 0. The highest BCUT2D eigenvalue weighted by Crippen LogP contribution is 2.17. The summed E-state index contributed by atoms with van der Waals surface area (Å²) in [5, 5.41) is 8.97. The van der Waals surface area contributed by atoms with Crippen molar-refractivity contribution in [3.05, 3.63) is 12.7 Å². The molecule has 0 aromatic heterocycles. The summed E-state index contributed by atoms with van der Waals surface area (Å²) in [7, 11) is 0. The van der Waals surface area contributed by atoms with Crippen molar-refractivity contribution in [1.82, 2.24) is 9.80 Å². The van der Waals surface area contributed by atoms with Crippen molar-refractivity contribution >= 4 is 12.0 Å². The number of urea groups is 1. The molecule has 0 aliphatic carbocycles. The molecule has 0 bridgehead atoms. The van der Waals surface area contributed by atoms with Gasteiger partial charge in [-0.15, -0.1) is 6.58 Å². The van der Waals surface area contributed by atoms with Crippen molar-refractivity contribution in [3.8, 4) is 0 Å². The van der Waals surface area contributed by atoms with Gasteiger partial charge in [-0.1, -0.05) is 6.08 Å². The van der Waals surface area contributed by atoms with E-state index >= 15 is 0 Å². The third-order valence-electron chi connectivity index (χ3n) is 3.04. The molecule has 0 aromatic carbocycles. The zero-order valence-corrected chi connectivity index (χ0v) is 10.3. The van der Waals surface area contributed by atoms with Gasteiger partial charge in [-0.2, -0.15) is 0 Å². The number of piperidine rings is 1. The van der Waals surface area contributed by atoms with Gasteiger partial charge in [0.25, 0.3) is 0 Å². The third-order valence-corrected chi connectivity index (χ3v) is 3.04. The monoisotopic (exact) mass is 240 g/mol. The molecular weight excluding hydrogens is 220 g/mol. The van der Waals surface area contributed by atoms with E-state index in [0.29, 0.717) is 32.6 Å². The van der Waals surface area contributed by atoms with Gasteiger partial charge in [0, 0.05) is 26.2 Å². The topological polar surface area (TPSA) is 60.9 Å². The van der Waals surface area contributed by atoms with E-state index in [4.69, 9.17) is 5.11 Å². The Hall–Kier alpha value is -1.52. The molecule has 1 aliphatic heterocycles. The van der Waals surface area contributed by atoms with E-state index in [9.17, 15) is 9.59 Å². The molecule has 0 saturated carbocycles. The molecule has 0 spiro atoms. The average molecular weight is 240 g/mol. The van der Waals surface area contributed by atoms with Gasteiger partial charge < -0.3 is 14.9 Å². The van der Waals surface area contributed by atoms with E-state index in [-0.39, 0.29) is 6.03 Å². The smallest absolute Gasteiger partial charge is 0.320 e. The molecule has 1 heterocycles. The fourth-order valence-corrected chi connectivity index (χ4v) is 2.05. The first-order chi connectivity index (χ1) is 8.10. The summed E-state index contributed by atoms with van der Waals surface area (Å²) in [6, 6.07) is -0.0849. The van der Waals surface area contributed by atoms with E-state index in [0.717, 1.165) is 6.42 Å². The Balaban J connectivity index is 2.61. The maximum Gasteiger partial charge on any atom is 0.320 e. The van der Waals surface area contributed by atoms with Crippen LogP contribution in [0.4, 0.5) is 4.79 Å². The predicted molar refractivity (Wildman–Crippen MR) is 64.8 cm³/mol. The summed E-state index contributed by atoms with van der Waals surface area (Å²) in [4.78, 5) is 26.3. The Morgan fingerprint density at radius 1 is 1.59 bits per heavy atom. The maximum absolute atomic E-state index is 12.1. The number of rotatable bonds is 4. The van der Waals surface area contributed by atoms with Crippen LogP contribution in [0, 0.1) is 5.92 Å². The molecule has 96 valence electrons. The van der Waals surface area contributed by atoms with Crippen LogP contribution in [-0.4, -0.2) is 53.1 Å². The molecule has 0 radical (unpaired) electrons. The minimum atomic E-state index is -0.811. The van der Waals surface area contributed by atoms with Crippen molar-refractivity contribution in [1.29, 1.82) is 0 Å². The number of likely N-dealkylation sites (N-methyl/N-ethyl adjacent to an activating group) is 1. The second-order valence-corrected chi connectivity index (χ2v) is 4.23. The Bertz CT molecular complexity index is 304. The predicted octanol–water partition coefficient (Wildman–Crippen LogP) is 1.41. The number of likely N-dealkylation sites (tertiary alicyclic amines) is 1. The third kappa shape index (κ3) is 3.47. The van der Waals surface area contributed by atoms with Gasteiger partial charge in [-0.05, 0) is 19.8 Å². The maximum atomic E-state index is 12.1. The summed E-state index contributed by atoms with van der Waals surface area (Å²) in [6.07, 6.45) is 3.10. The van der Waals surface area contributed by atoms with Gasteiger partial charge in [0.2, 0.25) is 0 Å². The first kappa shape index (κ1) is 13.5. The summed E-state index contributed by atoms with van der Waals surface area (Å²) in [6.45, 7) is 7.60. The molecule has 5 nitrogen and oxygen atoms in total. The normalized spacial score (nSPS) is 19.8. The standard InChI is InChI=1S/C12H20N2O3/c1-3-7-13(4-2)12(17)14-8-5-6-10(9-14)11(15)16/h3,10H,1,4-9H2,2H3,(H,15,16)/t10-/m0/s1. The molecule has 0 unspecified atom stereocenters. The van der Waals surface area contributed by atoms with Gasteiger partial charge >= 0.3 is 12.0 Å². The molecule has 5 heteroatoms. The highest BCUT2D eigenvalue weighted by atomic mass is 16.4. The van der Waals surface area contributed by atoms with Crippen LogP contribution in [-0.2, 0) is 4.79 Å². The van der Waals surface area contributed by atoms with E-state index in [1.165, 1.54) is 0 Å². The fourth-order valence-electron chi connectivity index (χ4n) is 2.05. The lowest BCUT2D eigenvalue weighted by Crippen LogP contribution is -2.48. The van der Waals surface area contributed by atoms with Crippen molar-refractivity contribution in [2.24, 2.45) is 5.92 Å². The lowest BCUT2D eigenvalue weighted by atomic mass is 9.99. The zero-order valence-electron chi connectivity index (χ0n) is 10.3. The van der Waals surface area contributed by atoms with Crippen molar-refractivity contribution in [3.63, 3.8) is 0 Å². The van der Waals surface area contributed by atoms with Gasteiger partial charge in [0.15, 0.2) is 0 Å². The summed E-state index contributed by atoms with van der Waals surface area (Å²) in [5.74, 6) is -1.23. The molecule has 1 rings (SSSR count).